The molecule has 1 aromatic rings. The third kappa shape index (κ3) is 12.5. The highest BCUT2D eigenvalue weighted by Crippen LogP contribution is 2.55. The smallest absolute Gasteiger partial charge is 0.401 e. The molecule has 0 saturated carbocycles. The van der Waals surface area contributed by atoms with Crippen LogP contribution in [-0.4, -0.2) is 19.6 Å². The van der Waals surface area contributed by atoms with Crippen LogP contribution in [0.1, 0.15) is 63.9 Å². The van der Waals surface area contributed by atoms with Crippen molar-refractivity contribution in [2.75, 3.05) is 0 Å². The van der Waals surface area contributed by atoms with Crippen LogP contribution in [0, 0.1) is 0 Å². The van der Waals surface area contributed by atoms with Crippen LogP contribution >= 0.6 is 25.8 Å². The summed E-state index contributed by atoms with van der Waals surface area (Å²) >= 11 is 0. The number of rotatable bonds is 15. The van der Waals surface area contributed by atoms with Gasteiger partial charge in [-0.05, 0) is 30.5 Å². The van der Waals surface area contributed by atoms with Crippen LogP contribution in [-0.2, 0) is 15.0 Å². The van der Waals surface area contributed by atoms with Gasteiger partial charge in [0.15, 0.2) is 0 Å². The van der Waals surface area contributed by atoms with E-state index in [-0.39, 0.29) is 0 Å². The molecular weight excluding hydrogens is 397 g/mol. The maximum Gasteiger partial charge on any atom is 0.401 e. The second-order valence-electron chi connectivity index (χ2n) is 5.85. The Morgan fingerprint density at radius 1 is 0.731 bits per heavy atom. The largest absolute Gasteiger partial charge is 0.427 e. The first-order valence-corrected chi connectivity index (χ1v) is 12.2. The molecule has 0 spiro atoms. The van der Waals surface area contributed by atoms with Gasteiger partial charge < -0.3 is 24.1 Å². The zero-order valence-corrected chi connectivity index (χ0v) is 17.7. The summed E-state index contributed by atoms with van der Waals surface area (Å²) in [6.45, 7) is 2.23. The van der Waals surface area contributed by atoms with E-state index in [4.69, 9.17) is 14.3 Å². The molecule has 0 aliphatic carbocycles. The molecule has 1 aromatic carbocycles. The maximum absolute atomic E-state index is 9.57. The minimum absolute atomic E-state index is 0.400. The van der Waals surface area contributed by atoms with Crippen LogP contribution in [0.4, 0.5) is 0 Å². The third-order valence-electron chi connectivity index (χ3n) is 3.71. The molecule has 0 aliphatic rings. The van der Waals surface area contributed by atoms with Gasteiger partial charge in [-0.25, -0.2) is 8.62 Å². The van der Waals surface area contributed by atoms with E-state index in [2.05, 4.69) is 15.5 Å². The first-order valence-electron chi connectivity index (χ1n) is 8.80. The topological polar surface area (TPSA) is 109 Å². The molecular formula is C16H29O7P3. The van der Waals surface area contributed by atoms with Gasteiger partial charge in [0.2, 0.25) is 0 Å². The fraction of sp³-hybridized carbons (Fsp3) is 0.625. The van der Waals surface area contributed by atoms with Gasteiger partial charge in [0.25, 0.3) is 0 Å². The van der Waals surface area contributed by atoms with Crippen LogP contribution in [0.2, 0.25) is 0 Å². The van der Waals surface area contributed by atoms with Crippen molar-refractivity contribution in [2.45, 2.75) is 64.7 Å². The second kappa shape index (κ2) is 15.0. The van der Waals surface area contributed by atoms with Crippen molar-refractivity contribution in [2.24, 2.45) is 0 Å². The minimum atomic E-state index is -2.75. The summed E-state index contributed by atoms with van der Waals surface area (Å²) in [5, 5.41) is 0. The van der Waals surface area contributed by atoms with E-state index in [9.17, 15) is 9.79 Å². The second-order valence-corrected chi connectivity index (χ2v) is 8.80. The molecule has 0 aliphatic heterocycles. The Kier molecular flexibility index (Phi) is 14.0. The lowest BCUT2D eigenvalue weighted by molar-refractivity contribution is 0.308. The lowest BCUT2D eigenvalue weighted by Gasteiger charge is -2.14. The van der Waals surface area contributed by atoms with E-state index in [1.54, 1.807) is 12.1 Å². The Morgan fingerprint density at radius 3 is 1.88 bits per heavy atom. The number of unbranched alkanes of at least 4 members (excludes halogenated alkanes) is 7. The number of hydrogen-bond donors (Lipinski definition) is 4. The first-order chi connectivity index (χ1) is 12.5. The van der Waals surface area contributed by atoms with Gasteiger partial charge in [0, 0.05) is 0 Å². The van der Waals surface area contributed by atoms with E-state index in [1.807, 2.05) is 12.1 Å². The molecule has 0 fully saturated rings. The maximum atomic E-state index is 9.57. The van der Waals surface area contributed by atoms with Gasteiger partial charge in [-0.1, -0.05) is 64.0 Å². The van der Waals surface area contributed by atoms with Crippen molar-refractivity contribution < 1.29 is 32.7 Å². The van der Waals surface area contributed by atoms with Crippen molar-refractivity contribution in [3.05, 3.63) is 29.8 Å². The van der Waals surface area contributed by atoms with Gasteiger partial charge in [-0.15, -0.1) is 0 Å². The number of benzene rings is 1. The number of hydrogen-bond acceptors (Lipinski definition) is 7. The molecule has 7 nitrogen and oxygen atoms in total. The molecule has 0 saturated heterocycles. The number of aryl methyl sites for hydroxylation is 1. The van der Waals surface area contributed by atoms with Crippen LogP contribution in [0.15, 0.2) is 24.3 Å². The van der Waals surface area contributed by atoms with Crippen LogP contribution < -0.4 is 4.52 Å². The molecule has 0 bridgehead atoms. The molecule has 4 N–H and O–H groups in total. The monoisotopic (exact) mass is 426 g/mol. The van der Waals surface area contributed by atoms with E-state index in [1.165, 1.54) is 50.5 Å². The van der Waals surface area contributed by atoms with E-state index in [0.717, 1.165) is 12.8 Å². The van der Waals surface area contributed by atoms with E-state index in [0.29, 0.717) is 5.75 Å². The predicted octanol–water partition coefficient (Wildman–Crippen LogP) is 5.43. The highest BCUT2D eigenvalue weighted by Gasteiger charge is 2.21. The zero-order valence-electron chi connectivity index (χ0n) is 15.0. The Hall–Kier alpha value is 0.0700. The summed E-state index contributed by atoms with van der Waals surface area (Å²) < 4.78 is 14.0. The fourth-order valence-electron chi connectivity index (χ4n) is 2.42. The van der Waals surface area contributed by atoms with Gasteiger partial charge in [-0.3, -0.25) is 0 Å². The standard InChI is InChI=1S/C16H29O7P3/c1-2-3-4-5-6-7-8-9-10-15-11-13-16(14-12-15)21-25(19)23-26(20)22-24(17)18/h11-14,17-20H,2-10H2,1H3. The van der Waals surface area contributed by atoms with Gasteiger partial charge in [-0.2, -0.15) is 0 Å². The molecule has 0 aromatic heterocycles. The van der Waals surface area contributed by atoms with Crippen molar-refractivity contribution >= 4 is 25.8 Å². The Bertz CT molecular complexity index is 462. The first kappa shape index (κ1) is 24.1. The van der Waals surface area contributed by atoms with Crippen molar-refractivity contribution in [3.63, 3.8) is 0 Å². The molecule has 2 unspecified atom stereocenters. The lowest BCUT2D eigenvalue weighted by atomic mass is 10.0. The van der Waals surface area contributed by atoms with Gasteiger partial charge in [0.05, 0.1) is 0 Å². The Morgan fingerprint density at radius 2 is 1.31 bits per heavy atom. The summed E-state index contributed by atoms with van der Waals surface area (Å²) in [6, 6.07) is 7.30. The summed E-state index contributed by atoms with van der Waals surface area (Å²) in [5.41, 5.74) is 1.20. The van der Waals surface area contributed by atoms with Crippen LogP contribution in [0.5, 0.6) is 5.75 Å². The molecule has 26 heavy (non-hydrogen) atoms. The third-order valence-corrected chi connectivity index (χ3v) is 6.34. The average Bonchev–Trinajstić information content (AvgIpc) is 2.57. The van der Waals surface area contributed by atoms with E-state index < -0.39 is 25.8 Å². The van der Waals surface area contributed by atoms with Crippen molar-refractivity contribution in [1.29, 1.82) is 0 Å². The van der Waals surface area contributed by atoms with Crippen molar-refractivity contribution in [1.82, 2.24) is 0 Å². The van der Waals surface area contributed by atoms with Gasteiger partial charge >= 0.3 is 25.8 Å². The average molecular weight is 426 g/mol. The SMILES string of the molecule is CCCCCCCCCCc1ccc(OP(O)OP(O)OP(O)O)cc1. The zero-order chi connectivity index (χ0) is 19.2. The summed E-state index contributed by atoms with van der Waals surface area (Å²) in [6.07, 6.45) is 11.3. The molecule has 2 atom stereocenters. The molecule has 0 amide bonds. The molecule has 1 rings (SSSR count). The van der Waals surface area contributed by atoms with Crippen LogP contribution in [0.3, 0.4) is 0 Å². The normalized spacial score (nSPS) is 13.8. The molecule has 0 radical (unpaired) electrons. The predicted molar refractivity (Wildman–Crippen MR) is 105 cm³/mol. The minimum Gasteiger partial charge on any atom is -0.427 e. The molecule has 150 valence electrons. The Balaban J connectivity index is 2.18. The van der Waals surface area contributed by atoms with E-state index >= 15 is 0 Å². The summed E-state index contributed by atoms with van der Waals surface area (Å²) in [5.74, 6) is 0.400. The van der Waals surface area contributed by atoms with Gasteiger partial charge in [0.1, 0.15) is 5.75 Å². The highest BCUT2D eigenvalue weighted by molar-refractivity contribution is 7.60. The Labute approximate surface area is 159 Å². The fourth-order valence-corrected chi connectivity index (χ4v) is 4.22. The highest BCUT2D eigenvalue weighted by atomic mass is 31.3. The summed E-state index contributed by atoms with van der Waals surface area (Å²) in [7, 11) is -7.76. The molecule has 10 heteroatoms. The lowest BCUT2D eigenvalue weighted by Crippen LogP contribution is -1.91. The quantitative estimate of drug-likeness (QED) is 0.219. The van der Waals surface area contributed by atoms with Crippen molar-refractivity contribution in [3.8, 4) is 5.75 Å². The summed E-state index contributed by atoms with van der Waals surface area (Å²) in [4.78, 5) is 35.9. The van der Waals surface area contributed by atoms with Crippen LogP contribution in [0.25, 0.3) is 0 Å². The molecule has 0 heterocycles.